The minimum Gasteiger partial charge on any atom is -0.385 e. The van der Waals surface area contributed by atoms with Crippen molar-refractivity contribution in [3.63, 3.8) is 0 Å². The average Bonchev–Trinajstić information content (AvgIpc) is 3.01. The largest absolute Gasteiger partial charge is 0.385 e. The van der Waals surface area contributed by atoms with Crippen molar-refractivity contribution >= 4 is 17.0 Å². The second-order valence-electron chi connectivity index (χ2n) is 5.72. The van der Waals surface area contributed by atoms with E-state index in [1.807, 2.05) is 0 Å². The zero-order chi connectivity index (χ0) is 13.8. The third-order valence-corrected chi connectivity index (χ3v) is 5.10. The van der Waals surface area contributed by atoms with Crippen molar-refractivity contribution in [1.82, 2.24) is 0 Å². The van der Waals surface area contributed by atoms with Crippen molar-refractivity contribution in [3.8, 4) is 10.4 Å². The SMILES string of the molecule is NC1CCC(CNc2ccc(-c3cccs3)cc2)CC1. The van der Waals surface area contributed by atoms with Gasteiger partial charge in [-0.05, 0) is 60.7 Å². The summed E-state index contributed by atoms with van der Waals surface area (Å²) in [7, 11) is 0. The molecule has 0 bridgehead atoms. The highest BCUT2D eigenvalue weighted by Crippen LogP contribution is 2.27. The molecule has 0 radical (unpaired) electrons. The maximum Gasteiger partial charge on any atom is 0.0342 e. The molecule has 0 amide bonds. The molecule has 3 heteroatoms. The smallest absolute Gasteiger partial charge is 0.0342 e. The van der Waals surface area contributed by atoms with Gasteiger partial charge in [0.1, 0.15) is 0 Å². The van der Waals surface area contributed by atoms with Crippen LogP contribution >= 0.6 is 11.3 Å². The third-order valence-electron chi connectivity index (χ3n) is 4.18. The molecule has 0 unspecified atom stereocenters. The summed E-state index contributed by atoms with van der Waals surface area (Å²) in [6.07, 6.45) is 4.90. The van der Waals surface area contributed by atoms with Crippen molar-refractivity contribution < 1.29 is 0 Å². The number of hydrogen-bond donors (Lipinski definition) is 2. The normalized spacial score (nSPS) is 22.6. The van der Waals surface area contributed by atoms with E-state index >= 15 is 0 Å². The Bertz CT molecular complexity index is 510. The third kappa shape index (κ3) is 3.41. The van der Waals surface area contributed by atoms with Crippen LogP contribution in [0.3, 0.4) is 0 Å². The van der Waals surface area contributed by atoms with Gasteiger partial charge in [0.25, 0.3) is 0 Å². The summed E-state index contributed by atoms with van der Waals surface area (Å²) in [6.45, 7) is 1.07. The van der Waals surface area contributed by atoms with E-state index in [0.717, 1.165) is 12.5 Å². The number of nitrogens with one attached hydrogen (secondary N) is 1. The molecular formula is C17H22N2S. The van der Waals surface area contributed by atoms with Crippen molar-refractivity contribution in [2.75, 3.05) is 11.9 Å². The molecule has 106 valence electrons. The lowest BCUT2D eigenvalue weighted by atomic mass is 9.86. The highest BCUT2D eigenvalue weighted by atomic mass is 32.1. The fourth-order valence-corrected chi connectivity index (χ4v) is 3.58. The lowest BCUT2D eigenvalue weighted by Crippen LogP contribution is -2.29. The molecule has 3 rings (SSSR count). The second kappa shape index (κ2) is 6.42. The Morgan fingerprint density at radius 2 is 1.80 bits per heavy atom. The van der Waals surface area contributed by atoms with Crippen LogP contribution in [0.25, 0.3) is 10.4 Å². The fourth-order valence-electron chi connectivity index (χ4n) is 2.85. The van der Waals surface area contributed by atoms with Gasteiger partial charge in [0, 0.05) is 23.2 Å². The van der Waals surface area contributed by atoms with E-state index in [9.17, 15) is 0 Å². The van der Waals surface area contributed by atoms with Crippen LogP contribution in [-0.4, -0.2) is 12.6 Å². The molecule has 0 saturated heterocycles. The topological polar surface area (TPSA) is 38.0 Å². The molecular weight excluding hydrogens is 264 g/mol. The number of anilines is 1. The Morgan fingerprint density at radius 1 is 1.05 bits per heavy atom. The fraction of sp³-hybridized carbons (Fsp3) is 0.412. The van der Waals surface area contributed by atoms with E-state index in [0.29, 0.717) is 6.04 Å². The molecule has 1 saturated carbocycles. The highest BCUT2D eigenvalue weighted by Gasteiger charge is 2.17. The maximum atomic E-state index is 5.95. The summed E-state index contributed by atoms with van der Waals surface area (Å²) in [5.41, 5.74) is 8.47. The molecule has 1 fully saturated rings. The molecule has 1 aromatic carbocycles. The first kappa shape index (κ1) is 13.7. The Morgan fingerprint density at radius 3 is 2.45 bits per heavy atom. The van der Waals surface area contributed by atoms with E-state index in [4.69, 9.17) is 5.73 Å². The van der Waals surface area contributed by atoms with E-state index < -0.39 is 0 Å². The predicted octanol–water partition coefficient (Wildman–Crippen LogP) is 4.34. The van der Waals surface area contributed by atoms with Crippen molar-refractivity contribution in [2.45, 2.75) is 31.7 Å². The number of hydrogen-bond acceptors (Lipinski definition) is 3. The number of rotatable bonds is 4. The van der Waals surface area contributed by atoms with Gasteiger partial charge in [0.05, 0.1) is 0 Å². The number of benzene rings is 1. The molecule has 0 spiro atoms. The van der Waals surface area contributed by atoms with Crippen LogP contribution in [-0.2, 0) is 0 Å². The van der Waals surface area contributed by atoms with Gasteiger partial charge in [0.15, 0.2) is 0 Å². The molecule has 1 heterocycles. The van der Waals surface area contributed by atoms with Crippen molar-refractivity contribution in [3.05, 3.63) is 41.8 Å². The number of thiophene rings is 1. The summed E-state index contributed by atoms with van der Waals surface area (Å²) in [4.78, 5) is 1.33. The molecule has 0 atom stereocenters. The van der Waals surface area contributed by atoms with Crippen LogP contribution in [0.5, 0.6) is 0 Å². The molecule has 2 aromatic rings. The molecule has 1 aliphatic carbocycles. The first-order valence-electron chi connectivity index (χ1n) is 7.44. The van der Waals surface area contributed by atoms with Gasteiger partial charge in [-0.15, -0.1) is 11.3 Å². The lowest BCUT2D eigenvalue weighted by molar-refractivity contribution is 0.339. The Kier molecular flexibility index (Phi) is 4.38. The summed E-state index contributed by atoms with van der Waals surface area (Å²) in [5.74, 6) is 0.784. The quantitative estimate of drug-likeness (QED) is 0.877. The highest BCUT2D eigenvalue weighted by molar-refractivity contribution is 7.13. The van der Waals surface area contributed by atoms with Crippen LogP contribution in [0.4, 0.5) is 5.69 Å². The summed E-state index contributed by atoms with van der Waals surface area (Å²) >= 11 is 1.79. The van der Waals surface area contributed by atoms with Crippen molar-refractivity contribution in [1.29, 1.82) is 0 Å². The molecule has 2 nitrogen and oxygen atoms in total. The van der Waals surface area contributed by atoms with Gasteiger partial charge < -0.3 is 11.1 Å². The minimum absolute atomic E-state index is 0.441. The monoisotopic (exact) mass is 286 g/mol. The Balaban J connectivity index is 1.53. The number of nitrogens with two attached hydrogens (primary N) is 1. The van der Waals surface area contributed by atoms with Crippen LogP contribution < -0.4 is 11.1 Å². The van der Waals surface area contributed by atoms with Gasteiger partial charge in [-0.25, -0.2) is 0 Å². The van der Waals surface area contributed by atoms with E-state index in [1.165, 1.54) is 41.8 Å². The van der Waals surface area contributed by atoms with Crippen LogP contribution in [0.2, 0.25) is 0 Å². The molecule has 20 heavy (non-hydrogen) atoms. The van der Waals surface area contributed by atoms with E-state index in [2.05, 4.69) is 47.1 Å². The zero-order valence-electron chi connectivity index (χ0n) is 11.7. The van der Waals surface area contributed by atoms with Gasteiger partial charge in [-0.3, -0.25) is 0 Å². The minimum atomic E-state index is 0.441. The summed E-state index contributed by atoms with van der Waals surface area (Å²) in [5, 5.41) is 5.68. The lowest BCUT2D eigenvalue weighted by Gasteiger charge is -2.26. The van der Waals surface area contributed by atoms with E-state index in [1.54, 1.807) is 11.3 Å². The molecule has 0 aliphatic heterocycles. The van der Waals surface area contributed by atoms with Gasteiger partial charge in [-0.1, -0.05) is 18.2 Å². The molecule has 1 aromatic heterocycles. The Labute approximate surface area is 125 Å². The first-order chi connectivity index (χ1) is 9.81. The van der Waals surface area contributed by atoms with Gasteiger partial charge >= 0.3 is 0 Å². The maximum absolute atomic E-state index is 5.95. The van der Waals surface area contributed by atoms with Crippen molar-refractivity contribution in [2.24, 2.45) is 11.7 Å². The summed E-state index contributed by atoms with van der Waals surface area (Å²) in [6, 6.07) is 13.5. The standard InChI is InChI=1S/C17H22N2S/c18-15-7-3-13(4-8-15)12-19-16-9-5-14(6-10-16)17-2-1-11-20-17/h1-2,5-6,9-11,13,15,19H,3-4,7-8,12,18H2. The zero-order valence-corrected chi connectivity index (χ0v) is 12.5. The average molecular weight is 286 g/mol. The first-order valence-corrected chi connectivity index (χ1v) is 8.32. The second-order valence-corrected chi connectivity index (χ2v) is 6.66. The van der Waals surface area contributed by atoms with Crippen LogP contribution in [0.15, 0.2) is 41.8 Å². The molecule has 1 aliphatic rings. The van der Waals surface area contributed by atoms with Gasteiger partial charge in [0.2, 0.25) is 0 Å². The summed E-state index contributed by atoms with van der Waals surface area (Å²) < 4.78 is 0. The van der Waals surface area contributed by atoms with E-state index in [-0.39, 0.29) is 0 Å². The predicted molar refractivity (Wildman–Crippen MR) is 88.2 cm³/mol. The molecule has 3 N–H and O–H groups in total. The van der Waals surface area contributed by atoms with Crippen LogP contribution in [0.1, 0.15) is 25.7 Å². The van der Waals surface area contributed by atoms with Gasteiger partial charge in [-0.2, -0.15) is 0 Å². The Hall–Kier alpha value is -1.32. The van der Waals surface area contributed by atoms with Crippen LogP contribution in [0, 0.1) is 5.92 Å².